The van der Waals surface area contributed by atoms with E-state index in [-0.39, 0.29) is 17.7 Å². The predicted molar refractivity (Wildman–Crippen MR) is 119 cm³/mol. The zero-order chi connectivity index (χ0) is 21.9. The van der Waals surface area contributed by atoms with Gasteiger partial charge in [0.2, 0.25) is 0 Å². The van der Waals surface area contributed by atoms with Crippen LogP contribution in [0.5, 0.6) is 0 Å². The van der Waals surface area contributed by atoms with E-state index in [0.29, 0.717) is 6.54 Å². The van der Waals surface area contributed by atoms with Crippen LogP contribution in [0.2, 0.25) is 0 Å². The van der Waals surface area contributed by atoms with Crippen molar-refractivity contribution in [3.63, 3.8) is 0 Å². The molecule has 5 nitrogen and oxygen atoms in total. The van der Waals surface area contributed by atoms with Crippen LogP contribution in [0.15, 0.2) is 54.9 Å². The van der Waals surface area contributed by atoms with Gasteiger partial charge in [0.15, 0.2) is 5.82 Å². The Kier molecular flexibility index (Phi) is 6.28. The van der Waals surface area contributed by atoms with E-state index in [2.05, 4.69) is 24.6 Å². The second-order valence-corrected chi connectivity index (χ2v) is 8.95. The van der Waals surface area contributed by atoms with E-state index in [0.717, 1.165) is 55.6 Å². The van der Waals surface area contributed by atoms with E-state index >= 15 is 0 Å². The molecule has 0 N–H and O–H groups in total. The fourth-order valence-electron chi connectivity index (χ4n) is 4.82. The SMILES string of the molecule is Fc1ccc(CC(c2nncn2Cc2ccc(F)cc2)N2CCN(C3CCC3)CC2)cc1. The Morgan fingerprint density at radius 2 is 1.47 bits per heavy atom. The van der Waals surface area contributed by atoms with E-state index in [1.54, 1.807) is 18.5 Å². The van der Waals surface area contributed by atoms with Crippen LogP contribution in [-0.4, -0.2) is 56.8 Å². The minimum Gasteiger partial charge on any atom is -0.312 e. The molecule has 2 aromatic carbocycles. The summed E-state index contributed by atoms with van der Waals surface area (Å²) in [6.07, 6.45) is 6.49. The highest BCUT2D eigenvalue weighted by atomic mass is 19.1. The lowest BCUT2D eigenvalue weighted by Gasteiger charge is -2.44. The van der Waals surface area contributed by atoms with Gasteiger partial charge in [0.05, 0.1) is 12.6 Å². The summed E-state index contributed by atoms with van der Waals surface area (Å²) in [6.45, 7) is 4.68. The van der Waals surface area contributed by atoms with Crippen LogP contribution in [0.3, 0.4) is 0 Å². The Balaban J connectivity index is 1.38. The van der Waals surface area contributed by atoms with Crippen LogP contribution in [-0.2, 0) is 13.0 Å². The molecule has 1 aliphatic heterocycles. The van der Waals surface area contributed by atoms with Gasteiger partial charge >= 0.3 is 0 Å². The summed E-state index contributed by atoms with van der Waals surface area (Å²) in [5.41, 5.74) is 2.08. The van der Waals surface area contributed by atoms with Crippen LogP contribution in [0.25, 0.3) is 0 Å². The monoisotopic (exact) mass is 437 g/mol. The summed E-state index contributed by atoms with van der Waals surface area (Å²) in [4.78, 5) is 5.11. The molecular weight excluding hydrogens is 408 g/mol. The number of benzene rings is 2. The summed E-state index contributed by atoms with van der Waals surface area (Å²) < 4.78 is 28.9. The molecular formula is C25H29F2N5. The molecule has 1 aliphatic carbocycles. The van der Waals surface area contributed by atoms with E-state index < -0.39 is 0 Å². The second kappa shape index (κ2) is 9.46. The fraction of sp³-hybridized carbons (Fsp3) is 0.440. The molecule has 3 aromatic rings. The Morgan fingerprint density at radius 1 is 0.844 bits per heavy atom. The van der Waals surface area contributed by atoms with Gasteiger partial charge in [-0.2, -0.15) is 0 Å². The number of hydrogen-bond acceptors (Lipinski definition) is 4. The first kappa shape index (κ1) is 21.2. The molecule has 168 valence electrons. The van der Waals surface area contributed by atoms with Gasteiger partial charge < -0.3 is 4.57 Å². The van der Waals surface area contributed by atoms with Crippen LogP contribution < -0.4 is 0 Å². The van der Waals surface area contributed by atoms with E-state index in [9.17, 15) is 8.78 Å². The zero-order valence-corrected chi connectivity index (χ0v) is 18.2. The molecule has 2 heterocycles. The van der Waals surface area contributed by atoms with Crippen LogP contribution in [0, 0.1) is 11.6 Å². The average molecular weight is 438 g/mol. The molecule has 1 atom stereocenters. The van der Waals surface area contributed by atoms with E-state index in [4.69, 9.17) is 0 Å². The molecule has 0 radical (unpaired) electrons. The lowest BCUT2D eigenvalue weighted by atomic mass is 9.91. The summed E-state index contributed by atoms with van der Waals surface area (Å²) in [7, 11) is 0. The van der Waals surface area contributed by atoms with Crippen LogP contribution in [0.1, 0.15) is 42.3 Å². The lowest BCUT2D eigenvalue weighted by Crippen LogP contribution is -2.53. The maximum atomic E-state index is 13.5. The standard InChI is InChI=1S/C25H29F2N5/c26-21-8-4-19(5-9-21)16-24(31-14-12-30(13-15-31)23-2-1-3-23)25-29-28-18-32(25)17-20-6-10-22(27)11-7-20/h4-11,18,23-24H,1-3,12-17H2. The van der Waals surface area contributed by atoms with Gasteiger partial charge in [-0.15, -0.1) is 10.2 Å². The Morgan fingerprint density at radius 3 is 2.06 bits per heavy atom. The highest BCUT2D eigenvalue weighted by Gasteiger charge is 2.32. The highest BCUT2D eigenvalue weighted by molar-refractivity contribution is 5.20. The van der Waals surface area contributed by atoms with E-state index in [1.807, 2.05) is 12.1 Å². The van der Waals surface area contributed by atoms with Crippen LogP contribution in [0.4, 0.5) is 8.78 Å². The number of aromatic nitrogens is 3. The summed E-state index contributed by atoms with van der Waals surface area (Å²) in [6, 6.07) is 14.1. The molecule has 1 saturated heterocycles. The van der Waals surface area contributed by atoms with Gasteiger partial charge in [-0.3, -0.25) is 9.80 Å². The molecule has 32 heavy (non-hydrogen) atoms. The molecule has 0 spiro atoms. The largest absolute Gasteiger partial charge is 0.312 e. The van der Waals surface area contributed by atoms with Gasteiger partial charge in [-0.1, -0.05) is 30.7 Å². The van der Waals surface area contributed by atoms with Crippen molar-refractivity contribution in [2.75, 3.05) is 26.2 Å². The number of hydrogen-bond donors (Lipinski definition) is 0. The van der Waals surface area contributed by atoms with Crippen molar-refractivity contribution in [3.05, 3.63) is 83.4 Å². The number of piperazine rings is 1. The fourth-order valence-corrected chi connectivity index (χ4v) is 4.82. The van der Waals surface area contributed by atoms with Crippen molar-refractivity contribution in [1.29, 1.82) is 0 Å². The maximum absolute atomic E-state index is 13.5. The minimum absolute atomic E-state index is 0.0481. The third kappa shape index (κ3) is 4.74. The van der Waals surface area contributed by atoms with Crippen molar-refractivity contribution in [3.8, 4) is 0 Å². The first-order valence-corrected chi connectivity index (χ1v) is 11.5. The Hall–Kier alpha value is -2.64. The first-order valence-electron chi connectivity index (χ1n) is 11.5. The lowest BCUT2D eigenvalue weighted by molar-refractivity contribution is 0.0397. The molecule has 1 unspecified atom stereocenters. The Bertz CT molecular complexity index is 1010. The molecule has 1 aromatic heterocycles. The van der Waals surface area contributed by atoms with Crippen molar-refractivity contribution in [2.45, 2.75) is 44.3 Å². The van der Waals surface area contributed by atoms with Gasteiger partial charge in [-0.25, -0.2) is 8.78 Å². The number of halogens is 2. The predicted octanol–water partition coefficient (Wildman–Crippen LogP) is 4.06. The first-order chi connectivity index (χ1) is 15.7. The van der Waals surface area contributed by atoms with Gasteiger partial charge in [0, 0.05) is 32.2 Å². The molecule has 0 bridgehead atoms. The van der Waals surface area contributed by atoms with Gasteiger partial charge in [0.25, 0.3) is 0 Å². The van der Waals surface area contributed by atoms with Gasteiger partial charge in [0.1, 0.15) is 18.0 Å². The van der Waals surface area contributed by atoms with E-state index in [1.165, 1.54) is 43.5 Å². The topological polar surface area (TPSA) is 37.2 Å². The maximum Gasteiger partial charge on any atom is 0.150 e. The summed E-state index contributed by atoms with van der Waals surface area (Å²) >= 11 is 0. The molecule has 7 heteroatoms. The normalized spacial score (nSPS) is 19.1. The van der Waals surface area contributed by atoms with Crippen LogP contribution >= 0.6 is 0 Å². The summed E-state index contributed by atoms with van der Waals surface area (Å²) in [5, 5.41) is 8.72. The second-order valence-electron chi connectivity index (χ2n) is 8.95. The summed E-state index contributed by atoms with van der Waals surface area (Å²) in [5.74, 6) is 0.436. The quantitative estimate of drug-likeness (QED) is 0.559. The average Bonchev–Trinajstić information content (AvgIpc) is 3.22. The third-order valence-corrected chi connectivity index (χ3v) is 6.93. The molecule has 0 amide bonds. The van der Waals surface area contributed by atoms with Gasteiger partial charge in [-0.05, 0) is 54.7 Å². The number of rotatable bonds is 7. The molecule has 2 aliphatic rings. The molecule has 2 fully saturated rings. The smallest absolute Gasteiger partial charge is 0.150 e. The Labute approximate surface area is 187 Å². The molecule has 5 rings (SSSR count). The minimum atomic E-state index is -0.240. The highest BCUT2D eigenvalue weighted by Crippen LogP contribution is 2.29. The van der Waals surface area contributed by atoms with Crippen molar-refractivity contribution < 1.29 is 8.78 Å². The zero-order valence-electron chi connectivity index (χ0n) is 18.2. The third-order valence-electron chi connectivity index (χ3n) is 6.93. The number of nitrogens with zero attached hydrogens (tertiary/aromatic N) is 5. The van der Waals surface area contributed by atoms with Crippen molar-refractivity contribution in [1.82, 2.24) is 24.6 Å². The molecule has 1 saturated carbocycles. The van der Waals surface area contributed by atoms with Crippen molar-refractivity contribution >= 4 is 0 Å². The van der Waals surface area contributed by atoms with Crippen molar-refractivity contribution in [2.24, 2.45) is 0 Å².